The lowest BCUT2D eigenvalue weighted by Crippen LogP contribution is -2.12. The second kappa shape index (κ2) is 6.31. The van der Waals surface area contributed by atoms with Crippen molar-refractivity contribution in [2.24, 2.45) is 0 Å². The van der Waals surface area contributed by atoms with Gasteiger partial charge >= 0.3 is 0 Å². The van der Waals surface area contributed by atoms with Gasteiger partial charge in [0.2, 0.25) is 0 Å². The van der Waals surface area contributed by atoms with Gasteiger partial charge in [-0.2, -0.15) is 0 Å². The summed E-state index contributed by atoms with van der Waals surface area (Å²) < 4.78 is 1.38. The average molecular weight is 372 g/mol. The van der Waals surface area contributed by atoms with Crippen LogP contribution in [-0.2, 0) is 13.1 Å². The number of nitrogens with one attached hydrogen (secondary N) is 1. The minimum atomic E-state index is 0.230. The number of pyridine rings is 1. The van der Waals surface area contributed by atoms with Crippen molar-refractivity contribution in [1.29, 1.82) is 0 Å². The summed E-state index contributed by atoms with van der Waals surface area (Å²) in [7, 11) is 0. The predicted molar refractivity (Wildman–Crippen MR) is 78.3 cm³/mol. The Morgan fingerprint density at radius 2 is 1.56 bits per heavy atom. The van der Waals surface area contributed by atoms with Crippen LogP contribution in [0.3, 0.4) is 0 Å². The van der Waals surface area contributed by atoms with Crippen LogP contribution in [-0.4, -0.2) is 10.1 Å². The van der Waals surface area contributed by atoms with E-state index in [-0.39, 0.29) is 5.75 Å². The maximum atomic E-state index is 9.61. The van der Waals surface area contributed by atoms with E-state index in [0.717, 1.165) is 18.7 Å². The molecule has 1 aromatic heterocycles. The Labute approximate surface area is 123 Å². The molecular formula is C13H12Br2N2O. The number of aromatic hydroxyl groups is 1. The van der Waals surface area contributed by atoms with Gasteiger partial charge in [0.05, 0.1) is 8.95 Å². The molecule has 94 valence electrons. The molecule has 0 spiro atoms. The normalized spacial score (nSPS) is 10.6. The van der Waals surface area contributed by atoms with Crippen LogP contribution in [0.25, 0.3) is 0 Å². The van der Waals surface area contributed by atoms with E-state index in [9.17, 15) is 5.11 Å². The largest absolute Gasteiger partial charge is 0.506 e. The van der Waals surface area contributed by atoms with Crippen LogP contribution in [0, 0.1) is 0 Å². The van der Waals surface area contributed by atoms with Crippen LogP contribution >= 0.6 is 31.9 Å². The molecule has 1 heterocycles. The van der Waals surface area contributed by atoms with Gasteiger partial charge in [0.25, 0.3) is 0 Å². The SMILES string of the molecule is Oc1c(Br)cc(CNCc2ccncc2)cc1Br. The zero-order valence-electron chi connectivity index (χ0n) is 9.53. The van der Waals surface area contributed by atoms with Gasteiger partial charge in [-0.15, -0.1) is 0 Å². The van der Waals surface area contributed by atoms with Gasteiger partial charge in [0.1, 0.15) is 5.75 Å². The molecule has 0 unspecified atom stereocenters. The van der Waals surface area contributed by atoms with Crippen molar-refractivity contribution in [3.05, 3.63) is 56.7 Å². The first-order valence-electron chi connectivity index (χ1n) is 5.43. The van der Waals surface area contributed by atoms with Crippen LogP contribution in [0.5, 0.6) is 5.75 Å². The summed E-state index contributed by atoms with van der Waals surface area (Å²) >= 11 is 6.64. The molecule has 0 aliphatic carbocycles. The molecule has 0 saturated heterocycles. The van der Waals surface area contributed by atoms with Gasteiger partial charge in [-0.3, -0.25) is 4.98 Å². The molecule has 18 heavy (non-hydrogen) atoms. The molecule has 2 N–H and O–H groups in total. The third-order valence-electron chi connectivity index (χ3n) is 2.48. The van der Waals surface area contributed by atoms with Crippen molar-refractivity contribution in [1.82, 2.24) is 10.3 Å². The lowest BCUT2D eigenvalue weighted by molar-refractivity contribution is 0.468. The van der Waals surface area contributed by atoms with Gasteiger partial charge in [-0.25, -0.2) is 0 Å². The molecule has 3 nitrogen and oxygen atoms in total. The molecule has 0 bridgehead atoms. The fourth-order valence-corrected chi connectivity index (χ4v) is 2.85. The number of phenolic OH excluding ortho intramolecular Hbond substituents is 1. The van der Waals surface area contributed by atoms with Crippen molar-refractivity contribution in [2.75, 3.05) is 0 Å². The van der Waals surface area contributed by atoms with Crippen LogP contribution < -0.4 is 5.32 Å². The predicted octanol–water partition coefficient (Wildman–Crippen LogP) is 3.60. The molecule has 1 aromatic carbocycles. The Hall–Kier alpha value is -0.910. The number of halogens is 2. The highest BCUT2D eigenvalue weighted by Gasteiger charge is 2.05. The molecule has 0 aliphatic heterocycles. The maximum Gasteiger partial charge on any atom is 0.143 e. The summed E-state index contributed by atoms with van der Waals surface area (Å²) in [6.45, 7) is 1.53. The van der Waals surface area contributed by atoms with Gasteiger partial charge in [-0.05, 0) is 67.3 Å². The molecule has 0 radical (unpaired) electrons. The van der Waals surface area contributed by atoms with Crippen LogP contribution in [0.1, 0.15) is 11.1 Å². The summed E-state index contributed by atoms with van der Waals surface area (Å²) in [5.74, 6) is 0.230. The van der Waals surface area contributed by atoms with E-state index in [1.54, 1.807) is 12.4 Å². The van der Waals surface area contributed by atoms with Crippen molar-refractivity contribution >= 4 is 31.9 Å². The number of hydrogen-bond acceptors (Lipinski definition) is 3. The molecule has 0 saturated carbocycles. The van der Waals surface area contributed by atoms with Crippen LogP contribution in [0.15, 0.2) is 45.6 Å². The molecule has 0 fully saturated rings. The standard InChI is InChI=1S/C13H12Br2N2O/c14-11-5-10(6-12(15)13(11)18)8-17-7-9-1-3-16-4-2-9/h1-6,17-18H,7-8H2. The summed E-state index contributed by atoms with van der Waals surface area (Å²) in [6.07, 6.45) is 3.56. The van der Waals surface area contributed by atoms with Crippen molar-refractivity contribution in [3.63, 3.8) is 0 Å². The fourth-order valence-electron chi connectivity index (χ4n) is 1.57. The first kappa shape index (κ1) is 13.5. The maximum absolute atomic E-state index is 9.61. The molecular weight excluding hydrogens is 360 g/mol. The smallest absolute Gasteiger partial charge is 0.143 e. The number of phenols is 1. The topological polar surface area (TPSA) is 45.1 Å². The Morgan fingerprint density at radius 3 is 2.17 bits per heavy atom. The zero-order chi connectivity index (χ0) is 13.0. The minimum Gasteiger partial charge on any atom is -0.506 e. The lowest BCUT2D eigenvalue weighted by atomic mass is 10.2. The van der Waals surface area contributed by atoms with E-state index in [1.165, 1.54) is 5.56 Å². The van der Waals surface area contributed by atoms with Gasteiger partial charge in [0.15, 0.2) is 0 Å². The summed E-state index contributed by atoms with van der Waals surface area (Å²) in [4.78, 5) is 3.98. The highest BCUT2D eigenvalue weighted by molar-refractivity contribution is 9.11. The number of benzene rings is 1. The first-order valence-corrected chi connectivity index (χ1v) is 7.02. The second-order valence-corrected chi connectivity index (χ2v) is 5.58. The second-order valence-electron chi connectivity index (χ2n) is 3.87. The zero-order valence-corrected chi connectivity index (χ0v) is 12.7. The van der Waals surface area contributed by atoms with E-state index in [0.29, 0.717) is 8.95 Å². The Bertz CT molecular complexity index is 509. The Morgan fingerprint density at radius 1 is 1.00 bits per heavy atom. The molecule has 0 atom stereocenters. The number of nitrogens with zero attached hydrogens (tertiary/aromatic N) is 1. The van der Waals surface area contributed by atoms with Crippen LogP contribution in [0.2, 0.25) is 0 Å². The van der Waals surface area contributed by atoms with E-state index in [4.69, 9.17) is 0 Å². The summed E-state index contributed by atoms with van der Waals surface area (Å²) in [5.41, 5.74) is 2.29. The van der Waals surface area contributed by atoms with Crippen molar-refractivity contribution in [2.45, 2.75) is 13.1 Å². The summed E-state index contributed by atoms with van der Waals surface area (Å²) in [6, 6.07) is 7.77. The highest BCUT2D eigenvalue weighted by atomic mass is 79.9. The number of hydrogen-bond donors (Lipinski definition) is 2. The lowest BCUT2D eigenvalue weighted by Gasteiger charge is -2.07. The number of aromatic nitrogens is 1. The fraction of sp³-hybridized carbons (Fsp3) is 0.154. The first-order chi connectivity index (χ1) is 8.66. The molecule has 0 aliphatic rings. The van der Waals surface area contributed by atoms with E-state index >= 15 is 0 Å². The molecule has 2 aromatic rings. The summed E-state index contributed by atoms with van der Waals surface area (Å²) in [5, 5.41) is 13.0. The average Bonchev–Trinajstić information content (AvgIpc) is 2.37. The Balaban J connectivity index is 1.95. The van der Waals surface area contributed by atoms with E-state index in [2.05, 4.69) is 42.2 Å². The van der Waals surface area contributed by atoms with Gasteiger partial charge < -0.3 is 10.4 Å². The highest BCUT2D eigenvalue weighted by Crippen LogP contribution is 2.33. The minimum absolute atomic E-state index is 0.230. The van der Waals surface area contributed by atoms with E-state index in [1.807, 2.05) is 24.3 Å². The molecule has 5 heteroatoms. The monoisotopic (exact) mass is 370 g/mol. The van der Waals surface area contributed by atoms with Crippen molar-refractivity contribution in [3.8, 4) is 5.75 Å². The van der Waals surface area contributed by atoms with E-state index < -0.39 is 0 Å². The van der Waals surface area contributed by atoms with Gasteiger partial charge in [0, 0.05) is 25.5 Å². The Kier molecular flexibility index (Phi) is 4.74. The van der Waals surface area contributed by atoms with Gasteiger partial charge in [-0.1, -0.05) is 0 Å². The van der Waals surface area contributed by atoms with Crippen molar-refractivity contribution < 1.29 is 5.11 Å². The molecule has 2 rings (SSSR count). The third-order valence-corrected chi connectivity index (χ3v) is 3.69. The number of rotatable bonds is 4. The molecule has 0 amide bonds. The third kappa shape index (κ3) is 3.54. The quantitative estimate of drug-likeness (QED) is 0.862. The van der Waals surface area contributed by atoms with Crippen LogP contribution in [0.4, 0.5) is 0 Å².